The Morgan fingerprint density at radius 2 is 1.72 bits per heavy atom. The Bertz CT molecular complexity index is 228. The Balaban J connectivity index is 2.35. The Morgan fingerprint density at radius 3 is 2.33 bits per heavy atom. The van der Waals surface area contributed by atoms with Crippen LogP contribution in [-0.2, 0) is 9.47 Å². The molecule has 4 N–H and O–H groups in total. The second kappa shape index (κ2) is 8.31. The molecule has 0 aliphatic carbocycles. The molecule has 0 radical (unpaired) electrons. The van der Waals surface area contributed by atoms with Gasteiger partial charge < -0.3 is 29.9 Å². The van der Waals surface area contributed by atoms with Gasteiger partial charge in [-0.05, 0) is 18.6 Å². The molecule has 0 bridgehead atoms. The fraction of sp³-hybridized carbons (Fsp3) is 1.00. The minimum atomic E-state index is -1.38. The minimum Gasteiger partial charge on any atom is -0.394 e. The van der Waals surface area contributed by atoms with Gasteiger partial charge in [0.05, 0.1) is 6.61 Å². The molecular weight excluding hydrogens is 260 g/mol. The summed E-state index contributed by atoms with van der Waals surface area (Å²) in [6.07, 6.45) is -3.21. The van der Waals surface area contributed by atoms with Gasteiger partial charge in [-0.15, -0.1) is 0 Å². The van der Waals surface area contributed by atoms with Gasteiger partial charge in [-0.3, -0.25) is 0 Å². The molecule has 1 aliphatic heterocycles. The van der Waals surface area contributed by atoms with Gasteiger partial charge in [-0.1, -0.05) is 6.42 Å². The third-order valence-corrected chi connectivity index (χ3v) is 3.25. The van der Waals surface area contributed by atoms with Crippen LogP contribution in [0.2, 0.25) is 0 Å². The molecule has 0 amide bonds. The average Bonchev–Trinajstić information content (AvgIpc) is 2.38. The van der Waals surface area contributed by atoms with Crippen molar-refractivity contribution in [2.24, 2.45) is 0 Å². The summed E-state index contributed by atoms with van der Waals surface area (Å²) in [5, 5.41) is 37.7. The molecule has 6 nitrogen and oxygen atoms in total. The largest absolute Gasteiger partial charge is 0.394 e. The van der Waals surface area contributed by atoms with Crippen LogP contribution in [0.25, 0.3) is 0 Å². The monoisotopic (exact) mass is 282 g/mol. The summed E-state index contributed by atoms with van der Waals surface area (Å²) in [6.45, 7) is -0.0546. The number of ether oxygens (including phenoxy) is 2. The van der Waals surface area contributed by atoms with Crippen LogP contribution in [0.5, 0.6) is 0 Å². The van der Waals surface area contributed by atoms with Gasteiger partial charge in [0.15, 0.2) is 6.29 Å². The molecule has 1 rings (SSSR count). The molecular formula is C11H22O6S. The number of rotatable bonds is 7. The topological polar surface area (TPSA) is 99.4 Å². The van der Waals surface area contributed by atoms with E-state index in [0.29, 0.717) is 6.61 Å². The molecule has 0 aromatic carbocycles. The third kappa shape index (κ3) is 4.34. The van der Waals surface area contributed by atoms with E-state index in [2.05, 4.69) is 12.6 Å². The SMILES string of the molecule is OC[C@H]1O[C@H](OCCCCCS)[C@@H](O)[C@@H](O)[C@@H]1O. The number of hydrogen-bond donors (Lipinski definition) is 5. The highest BCUT2D eigenvalue weighted by molar-refractivity contribution is 7.80. The highest BCUT2D eigenvalue weighted by Gasteiger charge is 2.43. The van der Waals surface area contributed by atoms with Crippen LogP contribution >= 0.6 is 12.6 Å². The van der Waals surface area contributed by atoms with Gasteiger partial charge in [0.25, 0.3) is 0 Å². The summed E-state index contributed by atoms with van der Waals surface area (Å²) in [4.78, 5) is 0. The van der Waals surface area contributed by atoms with E-state index in [9.17, 15) is 15.3 Å². The van der Waals surface area contributed by atoms with Crippen LogP contribution in [0.4, 0.5) is 0 Å². The Kier molecular flexibility index (Phi) is 7.47. The highest BCUT2D eigenvalue weighted by atomic mass is 32.1. The van der Waals surface area contributed by atoms with E-state index >= 15 is 0 Å². The third-order valence-electron chi connectivity index (χ3n) is 2.93. The normalized spacial score (nSPS) is 36.8. The summed E-state index contributed by atoms with van der Waals surface area (Å²) < 4.78 is 10.5. The first-order chi connectivity index (χ1) is 8.61. The van der Waals surface area contributed by atoms with Crippen molar-refractivity contribution >= 4 is 12.6 Å². The van der Waals surface area contributed by atoms with E-state index in [1.165, 1.54) is 0 Å². The lowest BCUT2D eigenvalue weighted by molar-refractivity contribution is -0.301. The van der Waals surface area contributed by atoms with Gasteiger partial charge >= 0.3 is 0 Å². The molecule has 1 heterocycles. The Labute approximate surface area is 112 Å². The molecule has 0 aromatic heterocycles. The van der Waals surface area contributed by atoms with Crippen molar-refractivity contribution in [3.8, 4) is 0 Å². The van der Waals surface area contributed by atoms with Crippen LogP contribution in [0, 0.1) is 0 Å². The maximum atomic E-state index is 9.67. The zero-order valence-corrected chi connectivity index (χ0v) is 11.1. The standard InChI is InChI=1S/C11H22O6S/c12-6-7-8(13)9(14)10(15)11(17-7)16-4-2-1-3-5-18/h7-15,18H,1-6H2/t7-,8-,9+,10+,11+/m1/s1. The molecule has 1 aliphatic rings. The van der Waals surface area contributed by atoms with Crippen molar-refractivity contribution in [1.29, 1.82) is 0 Å². The molecule has 0 saturated carbocycles. The quantitative estimate of drug-likeness (QED) is 0.300. The predicted octanol–water partition coefficient (Wildman–Crippen LogP) is -1.10. The van der Waals surface area contributed by atoms with Gasteiger partial charge in [0.2, 0.25) is 0 Å². The molecule has 0 spiro atoms. The predicted molar refractivity (Wildman–Crippen MR) is 67.4 cm³/mol. The summed E-state index contributed by atoms with van der Waals surface area (Å²) in [5.41, 5.74) is 0. The summed E-state index contributed by atoms with van der Waals surface area (Å²) in [5.74, 6) is 0.819. The second-order valence-corrected chi connectivity index (χ2v) is 4.80. The molecule has 18 heavy (non-hydrogen) atoms. The van der Waals surface area contributed by atoms with Crippen molar-refractivity contribution in [3.05, 3.63) is 0 Å². The van der Waals surface area contributed by atoms with E-state index < -0.39 is 37.3 Å². The molecule has 0 aromatic rings. The lowest BCUT2D eigenvalue weighted by atomic mass is 9.99. The number of aliphatic hydroxyl groups excluding tert-OH is 4. The van der Waals surface area contributed by atoms with Crippen LogP contribution in [0.3, 0.4) is 0 Å². The van der Waals surface area contributed by atoms with Gasteiger partial charge in [0.1, 0.15) is 24.4 Å². The number of thiol groups is 1. The van der Waals surface area contributed by atoms with Crippen molar-refractivity contribution in [1.82, 2.24) is 0 Å². The smallest absolute Gasteiger partial charge is 0.186 e. The number of unbranched alkanes of at least 4 members (excludes halogenated alkanes) is 2. The van der Waals surface area contributed by atoms with Crippen molar-refractivity contribution in [2.75, 3.05) is 19.0 Å². The van der Waals surface area contributed by atoms with E-state index in [0.717, 1.165) is 25.0 Å². The van der Waals surface area contributed by atoms with Gasteiger partial charge in [0, 0.05) is 6.61 Å². The maximum absolute atomic E-state index is 9.67. The van der Waals surface area contributed by atoms with Crippen molar-refractivity contribution < 1.29 is 29.9 Å². The summed E-state index contributed by atoms with van der Waals surface area (Å²) in [6, 6.07) is 0. The molecule has 108 valence electrons. The second-order valence-electron chi connectivity index (χ2n) is 4.35. The van der Waals surface area contributed by atoms with E-state index in [4.69, 9.17) is 14.6 Å². The summed E-state index contributed by atoms with van der Waals surface area (Å²) in [7, 11) is 0. The molecule has 1 saturated heterocycles. The Hall–Kier alpha value is 0.110. The molecule has 0 unspecified atom stereocenters. The average molecular weight is 282 g/mol. The molecule has 5 atom stereocenters. The van der Waals surface area contributed by atoms with Gasteiger partial charge in [-0.25, -0.2) is 0 Å². The van der Waals surface area contributed by atoms with Crippen LogP contribution in [-0.4, -0.2) is 70.1 Å². The zero-order valence-electron chi connectivity index (χ0n) is 10.2. The minimum absolute atomic E-state index is 0.385. The number of aliphatic hydroxyl groups is 4. The van der Waals surface area contributed by atoms with Crippen LogP contribution in [0.1, 0.15) is 19.3 Å². The lowest BCUT2D eigenvalue weighted by Crippen LogP contribution is -2.59. The fourth-order valence-corrected chi connectivity index (χ4v) is 2.02. The summed E-state index contributed by atoms with van der Waals surface area (Å²) >= 11 is 4.09. The van der Waals surface area contributed by atoms with Crippen LogP contribution in [0.15, 0.2) is 0 Å². The lowest BCUT2D eigenvalue weighted by Gasteiger charge is -2.39. The molecule has 1 fully saturated rings. The first-order valence-electron chi connectivity index (χ1n) is 6.14. The fourth-order valence-electron chi connectivity index (χ4n) is 1.80. The van der Waals surface area contributed by atoms with Crippen molar-refractivity contribution in [3.63, 3.8) is 0 Å². The van der Waals surface area contributed by atoms with Crippen molar-refractivity contribution in [2.45, 2.75) is 50.0 Å². The molecule has 7 heteroatoms. The first kappa shape index (κ1) is 16.2. The maximum Gasteiger partial charge on any atom is 0.186 e. The Morgan fingerprint density at radius 1 is 1.00 bits per heavy atom. The van der Waals surface area contributed by atoms with E-state index in [-0.39, 0.29) is 0 Å². The van der Waals surface area contributed by atoms with E-state index in [1.807, 2.05) is 0 Å². The van der Waals surface area contributed by atoms with Crippen LogP contribution < -0.4 is 0 Å². The highest BCUT2D eigenvalue weighted by Crippen LogP contribution is 2.22. The zero-order chi connectivity index (χ0) is 13.5. The number of hydrogen-bond acceptors (Lipinski definition) is 7. The van der Waals surface area contributed by atoms with E-state index in [1.54, 1.807) is 0 Å². The van der Waals surface area contributed by atoms with Gasteiger partial charge in [-0.2, -0.15) is 12.6 Å². The first-order valence-corrected chi connectivity index (χ1v) is 6.78.